The summed E-state index contributed by atoms with van der Waals surface area (Å²) >= 11 is 0. The van der Waals surface area contributed by atoms with E-state index < -0.39 is 5.63 Å². The second-order valence-corrected chi connectivity index (χ2v) is 9.34. The molecule has 3 rings (SSSR count). The van der Waals surface area contributed by atoms with Crippen LogP contribution in [-0.4, -0.2) is 15.7 Å². The van der Waals surface area contributed by atoms with Crippen LogP contribution in [0.3, 0.4) is 0 Å². The molecule has 0 aliphatic carbocycles. The van der Waals surface area contributed by atoms with Crippen LogP contribution >= 0.6 is 0 Å². The molecule has 172 valence electrons. The Morgan fingerprint density at radius 1 is 1.12 bits per heavy atom. The van der Waals surface area contributed by atoms with Crippen molar-refractivity contribution in [2.75, 3.05) is 0 Å². The third kappa shape index (κ3) is 5.29. The minimum atomic E-state index is -0.441. The molecule has 0 saturated carbocycles. The first kappa shape index (κ1) is 23.8. The maximum absolute atomic E-state index is 12.5. The van der Waals surface area contributed by atoms with Gasteiger partial charge in [-0.3, -0.25) is 9.48 Å². The van der Waals surface area contributed by atoms with Gasteiger partial charge in [0.1, 0.15) is 12.2 Å². The smallest absolute Gasteiger partial charge is 0.336 e. The Hall–Kier alpha value is -2.89. The molecule has 0 saturated heterocycles. The topological polar surface area (TPSA) is 74.3 Å². The van der Waals surface area contributed by atoms with Crippen LogP contribution in [0.25, 0.3) is 11.0 Å². The van der Waals surface area contributed by atoms with E-state index in [0.29, 0.717) is 29.4 Å². The lowest BCUT2D eigenvalue weighted by Gasteiger charge is -2.13. The van der Waals surface area contributed by atoms with E-state index in [0.717, 1.165) is 34.4 Å². The maximum atomic E-state index is 12.5. The Bertz CT molecular complexity index is 1180. The molecule has 0 aliphatic heterocycles. The van der Waals surface area contributed by atoms with Gasteiger partial charge in [0.25, 0.3) is 0 Å². The van der Waals surface area contributed by atoms with Crippen molar-refractivity contribution in [2.45, 2.75) is 80.4 Å². The van der Waals surface area contributed by atoms with Gasteiger partial charge < -0.3 is 9.15 Å². The second-order valence-electron chi connectivity index (χ2n) is 9.34. The van der Waals surface area contributed by atoms with Crippen molar-refractivity contribution in [3.8, 4) is 0 Å². The molecule has 6 nitrogen and oxygen atoms in total. The molecule has 0 amide bonds. The lowest BCUT2D eigenvalue weighted by molar-refractivity contribution is -0.144. The highest BCUT2D eigenvalue weighted by Crippen LogP contribution is 2.27. The van der Waals surface area contributed by atoms with Crippen molar-refractivity contribution < 1.29 is 13.9 Å². The highest BCUT2D eigenvalue weighted by atomic mass is 16.5. The van der Waals surface area contributed by atoms with Crippen molar-refractivity contribution in [3.05, 3.63) is 62.3 Å². The van der Waals surface area contributed by atoms with Gasteiger partial charge in [0.15, 0.2) is 0 Å². The molecule has 0 radical (unpaired) electrons. The summed E-state index contributed by atoms with van der Waals surface area (Å²) in [4.78, 5) is 24.5. The summed E-state index contributed by atoms with van der Waals surface area (Å²) in [7, 11) is 0. The van der Waals surface area contributed by atoms with E-state index in [-0.39, 0.29) is 19.0 Å². The Morgan fingerprint density at radius 2 is 1.84 bits per heavy atom. The quantitative estimate of drug-likeness (QED) is 0.349. The number of fused-ring (bicyclic) bond motifs is 1. The molecule has 0 unspecified atom stereocenters. The molecule has 0 aliphatic rings. The minimum absolute atomic E-state index is 0.0477. The standard InChI is InChI=1S/C26H34N2O4/c1-15(2)13-28-19(7)21(18(6)27-28)8-9-25(29)31-14-20-11-26(30)32-24-10-17(5)22(16(3)4)12-23(20)24/h10-12,15-16H,8-9,13-14H2,1-7H3. The largest absolute Gasteiger partial charge is 0.461 e. The van der Waals surface area contributed by atoms with Crippen LogP contribution < -0.4 is 5.63 Å². The van der Waals surface area contributed by atoms with E-state index >= 15 is 0 Å². The molecule has 0 fully saturated rings. The summed E-state index contributed by atoms with van der Waals surface area (Å²) in [6, 6.07) is 5.34. The first-order valence-corrected chi connectivity index (χ1v) is 11.3. The number of hydrogen-bond acceptors (Lipinski definition) is 5. The van der Waals surface area contributed by atoms with Crippen molar-refractivity contribution >= 4 is 16.9 Å². The van der Waals surface area contributed by atoms with Crippen LogP contribution in [0.2, 0.25) is 0 Å². The van der Waals surface area contributed by atoms with E-state index in [1.807, 2.05) is 37.6 Å². The molecule has 3 aromatic rings. The predicted octanol–water partition coefficient (Wildman–Crippen LogP) is 5.37. The van der Waals surface area contributed by atoms with Crippen LogP contribution in [0.15, 0.2) is 27.4 Å². The average Bonchev–Trinajstić information content (AvgIpc) is 2.95. The molecule has 0 spiro atoms. The SMILES string of the molecule is Cc1cc2oc(=O)cc(COC(=O)CCc3c(C)nn(CC(C)C)c3C)c2cc1C(C)C. The van der Waals surface area contributed by atoms with Gasteiger partial charge in [-0.2, -0.15) is 5.10 Å². The zero-order valence-electron chi connectivity index (χ0n) is 20.2. The van der Waals surface area contributed by atoms with Crippen LogP contribution in [0.4, 0.5) is 0 Å². The van der Waals surface area contributed by atoms with Gasteiger partial charge in [-0.05, 0) is 67.9 Å². The molecule has 6 heteroatoms. The minimum Gasteiger partial charge on any atom is -0.461 e. The van der Waals surface area contributed by atoms with Gasteiger partial charge in [-0.1, -0.05) is 27.7 Å². The van der Waals surface area contributed by atoms with Crippen molar-refractivity contribution in [1.29, 1.82) is 0 Å². The lowest BCUT2D eigenvalue weighted by Crippen LogP contribution is -2.10. The number of ether oxygens (including phenoxy) is 1. The summed E-state index contributed by atoms with van der Waals surface area (Å²) in [5, 5.41) is 5.43. The normalized spacial score (nSPS) is 11.7. The first-order chi connectivity index (χ1) is 15.1. The molecule has 2 aromatic heterocycles. The summed E-state index contributed by atoms with van der Waals surface area (Å²) in [6.45, 7) is 15.5. The number of esters is 1. The Labute approximate surface area is 189 Å². The molecule has 1 aromatic carbocycles. The molecule has 0 bridgehead atoms. The number of carbonyl (C=O) groups excluding carboxylic acids is 1. The Kier molecular flexibility index (Phi) is 7.22. The summed E-state index contributed by atoms with van der Waals surface area (Å²) in [5.74, 6) is 0.548. The Morgan fingerprint density at radius 3 is 2.50 bits per heavy atom. The molecule has 0 atom stereocenters. The highest BCUT2D eigenvalue weighted by Gasteiger charge is 2.16. The number of aromatic nitrogens is 2. The first-order valence-electron chi connectivity index (χ1n) is 11.3. The van der Waals surface area contributed by atoms with Gasteiger partial charge in [-0.25, -0.2) is 4.79 Å². The number of carbonyl (C=O) groups is 1. The van der Waals surface area contributed by atoms with Crippen molar-refractivity contribution in [2.24, 2.45) is 5.92 Å². The van der Waals surface area contributed by atoms with Crippen molar-refractivity contribution in [1.82, 2.24) is 9.78 Å². The van der Waals surface area contributed by atoms with Crippen LogP contribution in [-0.2, 0) is 29.1 Å². The van der Waals surface area contributed by atoms with Gasteiger partial charge in [0, 0.05) is 35.7 Å². The summed E-state index contributed by atoms with van der Waals surface area (Å²) < 4.78 is 12.9. The van der Waals surface area contributed by atoms with Gasteiger partial charge in [0.05, 0.1) is 5.69 Å². The van der Waals surface area contributed by atoms with Crippen LogP contribution in [0.1, 0.15) is 73.7 Å². The molecular formula is C26H34N2O4. The van der Waals surface area contributed by atoms with Gasteiger partial charge in [-0.15, -0.1) is 0 Å². The van der Waals surface area contributed by atoms with E-state index in [2.05, 4.69) is 32.8 Å². The maximum Gasteiger partial charge on any atom is 0.336 e. The fraction of sp³-hybridized carbons (Fsp3) is 0.500. The van der Waals surface area contributed by atoms with Crippen LogP contribution in [0, 0.1) is 26.7 Å². The average molecular weight is 439 g/mol. The molecule has 0 N–H and O–H groups in total. The number of aryl methyl sites for hydroxylation is 2. The summed E-state index contributed by atoms with van der Waals surface area (Å²) in [5.41, 5.74) is 6.18. The van der Waals surface area contributed by atoms with Crippen LogP contribution in [0.5, 0.6) is 0 Å². The monoisotopic (exact) mass is 438 g/mol. The number of hydrogen-bond donors (Lipinski definition) is 0. The van der Waals surface area contributed by atoms with Crippen molar-refractivity contribution in [3.63, 3.8) is 0 Å². The number of nitrogens with zero attached hydrogens (tertiary/aromatic N) is 2. The summed E-state index contributed by atoms with van der Waals surface area (Å²) in [6.07, 6.45) is 0.855. The highest BCUT2D eigenvalue weighted by molar-refractivity contribution is 5.82. The zero-order chi connectivity index (χ0) is 23.6. The zero-order valence-corrected chi connectivity index (χ0v) is 20.2. The molecular weight excluding hydrogens is 404 g/mol. The third-order valence-corrected chi connectivity index (χ3v) is 5.88. The predicted molar refractivity (Wildman–Crippen MR) is 126 cm³/mol. The molecule has 2 heterocycles. The second kappa shape index (κ2) is 9.72. The van der Waals surface area contributed by atoms with E-state index in [1.165, 1.54) is 11.6 Å². The number of benzene rings is 1. The van der Waals surface area contributed by atoms with E-state index in [1.54, 1.807) is 0 Å². The Balaban J connectivity index is 1.72. The lowest BCUT2D eigenvalue weighted by atomic mass is 9.95. The molecule has 32 heavy (non-hydrogen) atoms. The van der Waals surface area contributed by atoms with E-state index in [9.17, 15) is 9.59 Å². The fourth-order valence-electron chi connectivity index (χ4n) is 4.21. The van der Waals surface area contributed by atoms with E-state index in [4.69, 9.17) is 9.15 Å². The van der Waals surface area contributed by atoms with Gasteiger partial charge >= 0.3 is 11.6 Å². The number of rotatable bonds is 8. The third-order valence-electron chi connectivity index (χ3n) is 5.88. The van der Waals surface area contributed by atoms with Gasteiger partial charge in [0.2, 0.25) is 0 Å². The fourth-order valence-corrected chi connectivity index (χ4v) is 4.21.